The maximum atomic E-state index is 10.9. The third-order valence-electron chi connectivity index (χ3n) is 3.69. The van der Waals surface area contributed by atoms with Crippen molar-refractivity contribution >= 4 is 34.3 Å². The molecule has 1 aromatic carbocycles. The summed E-state index contributed by atoms with van der Waals surface area (Å²) in [6.07, 6.45) is 0.0133. The van der Waals surface area contributed by atoms with E-state index in [0.29, 0.717) is 18.2 Å². The zero-order valence-electron chi connectivity index (χ0n) is 12.0. The van der Waals surface area contributed by atoms with Crippen LogP contribution >= 0.6 is 22.9 Å². The van der Waals surface area contributed by atoms with Crippen LogP contribution in [-0.4, -0.2) is 24.6 Å². The minimum atomic E-state index is -0.420. The average Bonchev–Trinajstić information content (AvgIpc) is 3.01. The Labute approximate surface area is 137 Å². The van der Waals surface area contributed by atoms with Crippen LogP contribution in [0.3, 0.4) is 0 Å². The van der Waals surface area contributed by atoms with Gasteiger partial charge in [-0.2, -0.15) is 0 Å². The van der Waals surface area contributed by atoms with Gasteiger partial charge in [-0.15, -0.1) is 11.3 Å². The van der Waals surface area contributed by atoms with Crippen molar-refractivity contribution in [2.75, 3.05) is 24.6 Å². The minimum absolute atomic E-state index is 0.0133. The van der Waals surface area contributed by atoms with Gasteiger partial charge in [0.05, 0.1) is 22.2 Å². The maximum Gasteiger partial charge on any atom is 0.271 e. The molecule has 2 heterocycles. The summed E-state index contributed by atoms with van der Waals surface area (Å²) < 4.78 is 5.83. The van der Waals surface area contributed by atoms with E-state index in [0.717, 1.165) is 17.8 Å². The van der Waals surface area contributed by atoms with Crippen LogP contribution in [0.4, 0.5) is 11.4 Å². The molecule has 0 N–H and O–H groups in total. The van der Waals surface area contributed by atoms with Crippen molar-refractivity contribution in [3.63, 3.8) is 0 Å². The summed E-state index contributed by atoms with van der Waals surface area (Å²) in [7, 11) is 0. The first-order chi connectivity index (χ1) is 10.6. The number of nitrogens with zero attached hydrogens (tertiary/aromatic N) is 2. The Morgan fingerprint density at radius 1 is 1.50 bits per heavy atom. The van der Waals surface area contributed by atoms with Gasteiger partial charge in [-0.3, -0.25) is 10.1 Å². The highest BCUT2D eigenvalue weighted by Crippen LogP contribution is 2.37. The summed E-state index contributed by atoms with van der Waals surface area (Å²) in [5, 5.41) is 13.4. The van der Waals surface area contributed by atoms with Gasteiger partial charge in [0.25, 0.3) is 5.69 Å². The number of non-ortho nitro benzene ring substituents is 1. The standard InChI is InChI=1S/C15H15ClN2O3S/c1-10-7-11(18(19)20)8-12(16)15(10)17-4-5-21-13(9-17)14-3-2-6-22-14/h2-3,6-8,13H,4-5,9H2,1H3. The molecule has 0 aliphatic carbocycles. The van der Waals surface area contributed by atoms with Gasteiger partial charge in [0.1, 0.15) is 6.10 Å². The Morgan fingerprint density at radius 3 is 2.95 bits per heavy atom. The van der Waals surface area contributed by atoms with Crippen LogP contribution in [0, 0.1) is 17.0 Å². The molecule has 0 saturated carbocycles. The number of thiophene rings is 1. The third-order valence-corrected chi connectivity index (χ3v) is 4.95. The van der Waals surface area contributed by atoms with Gasteiger partial charge >= 0.3 is 0 Å². The van der Waals surface area contributed by atoms with Crippen LogP contribution in [0.15, 0.2) is 29.6 Å². The Bertz CT molecular complexity index is 667. The number of ether oxygens (including phenoxy) is 1. The molecular formula is C15H15ClN2O3S. The molecule has 2 aromatic rings. The summed E-state index contributed by atoms with van der Waals surface area (Å²) in [5.74, 6) is 0. The largest absolute Gasteiger partial charge is 0.369 e. The normalized spacial score (nSPS) is 18.5. The Kier molecular flexibility index (Phi) is 4.33. The monoisotopic (exact) mass is 338 g/mol. The van der Waals surface area contributed by atoms with Gasteiger partial charge in [0.2, 0.25) is 0 Å². The molecule has 1 unspecified atom stereocenters. The highest BCUT2D eigenvalue weighted by molar-refractivity contribution is 7.10. The number of rotatable bonds is 3. The lowest BCUT2D eigenvalue weighted by Gasteiger charge is -2.35. The second-order valence-electron chi connectivity index (χ2n) is 5.17. The lowest BCUT2D eigenvalue weighted by Crippen LogP contribution is -2.38. The van der Waals surface area contributed by atoms with E-state index in [2.05, 4.69) is 11.0 Å². The fourth-order valence-electron chi connectivity index (χ4n) is 2.72. The van der Waals surface area contributed by atoms with Crippen LogP contribution in [0.25, 0.3) is 0 Å². The van der Waals surface area contributed by atoms with E-state index in [1.54, 1.807) is 17.4 Å². The van der Waals surface area contributed by atoms with E-state index in [-0.39, 0.29) is 11.8 Å². The summed E-state index contributed by atoms with van der Waals surface area (Å²) in [6.45, 7) is 3.87. The van der Waals surface area contributed by atoms with Crippen LogP contribution < -0.4 is 4.90 Å². The highest BCUT2D eigenvalue weighted by Gasteiger charge is 2.26. The van der Waals surface area contributed by atoms with E-state index in [9.17, 15) is 10.1 Å². The van der Waals surface area contributed by atoms with Crippen LogP contribution in [0.5, 0.6) is 0 Å². The minimum Gasteiger partial charge on any atom is -0.369 e. The van der Waals surface area contributed by atoms with E-state index in [4.69, 9.17) is 16.3 Å². The topological polar surface area (TPSA) is 55.6 Å². The molecule has 1 atom stereocenters. The molecule has 3 rings (SSSR count). The number of hydrogen-bond acceptors (Lipinski definition) is 5. The van der Waals surface area contributed by atoms with Gasteiger partial charge in [-0.05, 0) is 23.9 Å². The molecule has 0 spiro atoms. The molecule has 1 saturated heterocycles. The van der Waals surface area contributed by atoms with Crippen LogP contribution in [-0.2, 0) is 4.74 Å². The molecule has 5 nitrogen and oxygen atoms in total. The molecule has 0 bridgehead atoms. The molecule has 22 heavy (non-hydrogen) atoms. The van der Waals surface area contributed by atoms with E-state index in [1.807, 2.05) is 18.4 Å². The summed E-state index contributed by atoms with van der Waals surface area (Å²) in [4.78, 5) is 13.8. The summed E-state index contributed by atoms with van der Waals surface area (Å²) >= 11 is 7.97. The number of nitro groups is 1. The van der Waals surface area contributed by atoms with Crippen molar-refractivity contribution in [2.45, 2.75) is 13.0 Å². The molecule has 1 aliphatic rings. The number of nitro benzene ring substituents is 1. The second-order valence-corrected chi connectivity index (χ2v) is 6.56. The molecule has 1 aromatic heterocycles. The van der Waals surface area contributed by atoms with Crippen molar-refractivity contribution in [3.05, 3.63) is 55.2 Å². The Hall–Kier alpha value is -1.63. The van der Waals surface area contributed by atoms with Crippen molar-refractivity contribution in [3.8, 4) is 0 Å². The van der Waals surface area contributed by atoms with Gasteiger partial charge < -0.3 is 9.64 Å². The molecular weight excluding hydrogens is 324 g/mol. The number of halogens is 1. The zero-order valence-corrected chi connectivity index (χ0v) is 13.6. The number of aryl methyl sites for hydroxylation is 1. The first-order valence-electron chi connectivity index (χ1n) is 6.90. The maximum absolute atomic E-state index is 10.9. The molecule has 0 amide bonds. The molecule has 1 aliphatic heterocycles. The van der Waals surface area contributed by atoms with Crippen LogP contribution in [0.2, 0.25) is 5.02 Å². The first-order valence-corrected chi connectivity index (χ1v) is 8.16. The fraction of sp³-hybridized carbons (Fsp3) is 0.333. The third kappa shape index (κ3) is 2.95. The number of anilines is 1. The lowest BCUT2D eigenvalue weighted by atomic mass is 10.1. The predicted molar refractivity (Wildman–Crippen MR) is 88.1 cm³/mol. The number of hydrogen-bond donors (Lipinski definition) is 0. The van der Waals surface area contributed by atoms with Crippen LogP contribution in [0.1, 0.15) is 16.5 Å². The first kappa shape index (κ1) is 15.3. The smallest absolute Gasteiger partial charge is 0.271 e. The van der Waals surface area contributed by atoms with Crippen molar-refractivity contribution in [1.82, 2.24) is 0 Å². The van der Waals surface area contributed by atoms with Crippen molar-refractivity contribution in [1.29, 1.82) is 0 Å². The van der Waals surface area contributed by atoms with Crippen molar-refractivity contribution in [2.24, 2.45) is 0 Å². The molecule has 7 heteroatoms. The molecule has 0 radical (unpaired) electrons. The van der Waals surface area contributed by atoms with Gasteiger partial charge in [-0.1, -0.05) is 17.7 Å². The second kappa shape index (κ2) is 6.24. The van der Waals surface area contributed by atoms with Gasteiger partial charge in [-0.25, -0.2) is 0 Å². The van der Waals surface area contributed by atoms with Gasteiger partial charge in [0, 0.05) is 30.1 Å². The Balaban J connectivity index is 1.89. The van der Waals surface area contributed by atoms with Crippen molar-refractivity contribution < 1.29 is 9.66 Å². The van der Waals surface area contributed by atoms with E-state index in [1.165, 1.54) is 10.9 Å². The number of morpholine rings is 1. The zero-order chi connectivity index (χ0) is 15.7. The quantitative estimate of drug-likeness (QED) is 0.621. The van der Waals surface area contributed by atoms with E-state index < -0.39 is 4.92 Å². The lowest BCUT2D eigenvalue weighted by molar-refractivity contribution is -0.384. The molecule has 116 valence electrons. The average molecular weight is 339 g/mol. The SMILES string of the molecule is Cc1cc([N+](=O)[O-])cc(Cl)c1N1CCOC(c2cccs2)C1. The number of benzene rings is 1. The van der Waals surface area contributed by atoms with Gasteiger partial charge in [0.15, 0.2) is 0 Å². The molecule has 1 fully saturated rings. The van der Waals surface area contributed by atoms with E-state index >= 15 is 0 Å². The summed E-state index contributed by atoms with van der Waals surface area (Å²) in [6, 6.07) is 7.05. The fourth-order valence-corrected chi connectivity index (χ4v) is 3.87. The highest BCUT2D eigenvalue weighted by atomic mass is 35.5. The predicted octanol–water partition coefficient (Wildman–Crippen LogP) is 4.20. The Morgan fingerprint density at radius 2 is 2.32 bits per heavy atom. The summed E-state index contributed by atoms with van der Waals surface area (Å²) in [5.41, 5.74) is 1.69.